The van der Waals surface area contributed by atoms with Crippen LogP contribution >= 0.6 is 0 Å². The van der Waals surface area contributed by atoms with E-state index in [1.807, 2.05) is 60.7 Å². The van der Waals surface area contributed by atoms with E-state index in [1.54, 1.807) is 0 Å². The second-order valence-electron chi connectivity index (χ2n) is 18.1. The molecule has 1 aliphatic heterocycles. The first kappa shape index (κ1) is 38.4. The van der Waals surface area contributed by atoms with E-state index >= 15 is 0 Å². The Hall–Kier alpha value is -8.87. The van der Waals surface area contributed by atoms with Gasteiger partial charge in [-0.25, -0.2) is 4.98 Å². The number of anilines is 2. The van der Waals surface area contributed by atoms with Gasteiger partial charge in [0.1, 0.15) is 11.2 Å². The van der Waals surface area contributed by atoms with Gasteiger partial charge in [0.05, 0.1) is 16.7 Å². The molecule has 4 heterocycles. The molecular formula is C62H41N5O. The molecule has 0 radical (unpaired) electrons. The van der Waals surface area contributed by atoms with Crippen molar-refractivity contribution in [3.8, 4) is 51.0 Å². The lowest BCUT2D eigenvalue weighted by Crippen LogP contribution is -2.26. The number of rotatable bonds is 6. The summed E-state index contributed by atoms with van der Waals surface area (Å²) in [6.45, 7) is 2.41. The van der Waals surface area contributed by atoms with E-state index in [0.29, 0.717) is 17.6 Å². The minimum absolute atomic E-state index is 0.197. The molecule has 0 N–H and O–H groups in total. The van der Waals surface area contributed by atoms with Crippen molar-refractivity contribution in [2.75, 3.05) is 4.90 Å². The zero-order valence-electron chi connectivity index (χ0n) is 37.1. The molecular weight excluding hydrogens is 831 g/mol. The second-order valence-corrected chi connectivity index (χ2v) is 18.1. The third kappa shape index (κ3) is 5.74. The number of allylic oxidation sites excluding steroid dienone is 4. The summed E-state index contributed by atoms with van der Waals surface area (Å²) in [7, 11) is 0. The van der Waals surface area contributed by atoms with Gasteiger partial charge in [0.2, 0.25) is 5.95 Å². The quantitative estimate of drug-likeness (QED) is 0.167. The van der Waals surface area contributed by atoms with Gasteiger partial charge in [-0.2, -0.15) is 9.97 Å². The number of furan rings is 1. The lowest BCUT2D eigenvalue weighted by molar-refractivity contribution is 0.577. The Morgan fingerprint density at radius 1 is 0.485 bits per heavy atom. The zero-order chi connectivity index (χ0) is 44.9. The van der Waals surface area contributed by atoms with Crippen molar-refractivity contribution in [1.29, 1.82) is 0 Å². The van der Waals surface area contributed by atoms with Crippen LogP contribution in [0.1, 0.15) is 18.9 Å². The van der Waals surface area contributed by atoms with Crippen LogP contribution in [0.3, 0.4) is 0 Å². The van der Waals surface area contributed by atoms with E-state index in [1.165, 1.54) is 39.0 Å². The molecule has 68 heavy (non-hydrogen) atoms. The Morgan fingerprint density at radius 3 is 1.87 bits per heavy atom. The predicted molar refractivity (Wildman–Crippen MR) is 278 cm³/mol. The van der Waals surface area contributed by atoms with Gasteiger partial charge in [0, 0.05) is 54.9 Å². The SMILES string of the molecule is CC12CC=CC=C1N(c1ccccc1)c1c2cc(-c2cccc3oc4ccc(-c5ccc6c(c5)c5ccccc5n6-c5nc(-c6ccccc6)nc(-c6ccccc6)n5)cc4c23)c2ccccc12. The number of aromatic nitrogens is 4. The minimum Gasteiger partial charge on any atom is -0.456 e. The van der Waals surface area contributed by atoms with Crippen molar-refractivity contribution in [1.82, 2.24) is 19.5 Å². The van der Waals surface area contributed by atoms with Crippen LogP contribution in [-0.4, -0.2) is 19.5 Å². The van der Waals surface area contributed by atoms with E-state index in [9.17, 15) is 0 Å². The molecule has 2 aliphatic rings. The highest BCUT2D eigenvalue weighted by molar-refractivity contribution is 6.18. The summed E-state index contributed by atoms with van der Waals surface area (Å²) in [5.41, 5.74) is 15.1. The lowest BCUT2D eigenvalue weighted by Gasteiger charge is -2.31. The van der Waals surface area contributed by atoms with E-state index in [0.717, 1.165) is 78.0 Å². The summed E-state index contributed by atoms with van der Waals surface area (Å²) in [5, 5.41) is 6.90. The fraction of sp³-hybridized carbons (Fsp3) is 0.0484. The van der Waals surface area contributed by atoms with Crippen LogP contribution in [0.4, 0.5) is 11.4 Å². The van der Waals surface area contributed by atoms with Crippen LogP contribution in [0.2, 0.25) is 0 Å². The number of benzene rings is 9. The van der Waals surface area contributed by atoms with Crippen LogP contribution in [0.15, 0.2) is 229 Å². The number of nitrogens with zero attached hydrogens (tertiary/aromatic N) is 5. The van der Waals surface area contributed by atoms with Crippen LogP contribution in [0.25, 0.3) is 105 Å². The summed E-state index contributed by atoms with van der Waals surface area (Å²) in [6, 6.07) is 70.9. The Balaban J connectivity index is 0.941. The monoisotopic (exact) mass is 871 g/mol. The molecule has 1 atom stereocenters. The van der Waals surface area contributed by atoms with Crippen molar-refractivity contribution in [3.05, 3.63) is 230 Å². The van der Waals surface area contributed by atoms with Gasteiger partial charge in [-0.1, -0.05) is 158 Å². The average Bonchev–Trinajstić information content (AvgIpc) is 4.04. The largest absolute Gasteiger partial charge is 0.456 e. The number of hydrogen-bond acceptors (Lipinski definition) is 5. The number of para-hydroxylation sites is 2. The molecule has 0 fully saturated rings. The number of hydrogen-bond donors (Lipinski definition) is 0. The highest BCUT2D eigenvalue weighted by Crippen LogP contribution is 2.58. The Bertz CT molecular complexity index is 4020. The smallest absolute Gasteiger partial charge is 0.238 e. The molecule has 3 aromatic heterocycles. The van der Waals surface area contributed by atoms with Crippen LogP contribution in [0.5, 0.6) is 0 Å². The molecule has 14 rings (SSSR count). The summed E-state index contributed by atoms with van der Waals surface area (Å²) in [6.07, 6.45) is 7.76. The zero-order valence-corrected chi connectivity index (χ0v) is 37.1. The Morgan fingerprint density at radius 2 is 1.12 bits per heavy atom. The van der Waals surface area contributed by atoms with E-state index in [-0.39, 0.29) is 5.41 Å². The van der Waals surface area contributed by atoms with Crippen molar-refractivity contribution >= 4 is 65.9 Å². The molecule has 1 aliphatic carbocycles. The molecule has 6 nitrogen and oxygen atoms in total. The van der Waals surface area contributed by atoms with Gasteiger partial charge in [-0.15, -0.1) is 0 Å². The van der Waals surface area contributed by atoms with Gasteiger partial charge in [0.15, 0.2) is 11.6 Å². The molecule has 0 spiro atoms. The van der Waals surface area contributed by atoms with Crippen molar-refractivity contribution < 1.29 is 4.42 Å². The molecule has 0 saturated carbocycles. The van der Waals surface area contributed by atoms with Crippen molar-refractivity contribution in [2.24, 2.45) is 0 Å². The van der Waals surface area contributed by atoms with E-state index in [2.05, 4.69) is 174 Å². The van der Waals surface area contributed by atoms with Gasteiger partial charge >= 0.3 is 0 Å². The van der Waals surface area contributed by atoms with Gasteiger partial charge < -0.3 is 9.32 Å². The molecule has 9 aromatic carbocycles. The molecule has 0 amide bonds. The lowest BCUT2D eigenvalue weighted by atomic mass is 9.75. The fourth-order valence-corrected chi connectivity index (χ4v) is 11.0. The standard InChI is InChI=1S/C62H41N5O/c1-62-35-16-15-30-56(62)66(43-22-9-4-10-23-43)58-47-26-12-11-24-44(47)48(38-51(58)62)46-27-17-29-55-57(46)50-37-42(32-34-54(50)68-55)41-31-33-53-49(36-41)45-25-13-14-28-52(45)67(53)61-64-59(39-18-5-2-6-19-39)63-60(65-61)40-20-7-3-8-21-40/h2-34,36-38H,35H2,1H3. The third-order valence-corrected chi connectivity index (χ3v) is 14.2. The summed E-state index contributed by atoms with van der Waals surface area (Å²) >= 11 is 0. The minimum atomic E-state index is -0.197. The third-order valence-electron chi connectivity index (χ3n) is 14.2. The highest BCUT2D eigenvalue weighted by atomic mass is 16.3. The van der Waals surface area contributed by atoms with E-state index in [4.69, 9.17) is 19.4 Å². The molecule has 0 bridgehead atoms. The highest BCUT2D eigenvalue weighted by Gasteiger charge is 2.45. The topological polar surface area (TPSA) is 60.0 Å². The molecule has 6 heteroatoms. The first-order chi connectivity index (χ1) is 33.6. The summed E-state index contributed by atoms with van der Waals surface area (Å²) in [5.74, 6) is 1.82. The van der Waals surface area contributed by atoms with E-state index < -0.39 is 0 Å². The first-order valence-corrected chi connectivity index (χ1v) is 23.2. The summed E-state index contributed by atoms with van der Waals surface area (Å²) in [4.78, 5) is 17.8. The number of fused-ring (bicyclic) bond motifs is 11. The molecule has 12 aromatic rings. The Kier molecular flexibility index (Phi) is 8.37. The van der Waals surface area contributed by atoms with Crippen molar-refractivity contribution in [2.45, 2.75) is 18.8 Å². The summed E-state index contributed by atoms with van der Waals surface area (Å²) < 4.78 is 8.88. The van der Waals surface area contributed by atoms with Gasteiger partial charge in [-0.3, -0.25) is 4.57 Å². The van der Waals surface area contributed by atoms with Crippen LogP contribution in [-0.2, 0) is 5.41 Å². The van der Waals surface area contributed by atoms with Crippen LogP contribution in [0, 0.1) is 0 Å². The average molecular weight is 872 g/mol. The van der Waals surface area contributed by atoms with Crippen LogP contribution < -0.4 is 4.90 Å². The fourth-order valence-electron chi connectivity index (χ4n) is 11.0. The maximum absolute atomic E-state index is 6.71. The predicted octanol–water partition coefficient (Wildman–Crippen LogP) is 15.9. The molecule has 320 valence electrons. The van der Waals surface area contributed by atoms with Crippen molar-refractivity contribution in [3.63, 3.8) is 0 Å². The van der Waals surface area contributed by atoms with Gasteiger partial charge in [0.25, 0.3) is 0 Å². The van der Waals surface area contributed by atoms with Gasteiger partial charge in [-0.05, 0) is 107 Å². The Labute approximate surface area is 392 Å². The maximum Gasteiger partial charge on any atom is 0.238 e. The molecule has 0 saturated heterocycles. The first-order valence-electron chi connectivity index (χ1n) is 23.2. The molecule has 1 unspecified atom stereocenters. The second kappa shape index (κ2) is 14.8. The normalized spacial score (nSPS) is 15.4. The maximum atomic E-state index is 6.71.